The van der Waals surface area contributed by atoms with Crippen molar-refractivity contribution in [3.63, 3.8) is 0 Å². The molecule has 0 saturated carbocycles. The van der Waals surface area contributed by atoms with Gasteiger partial charge in [0.1, 0.15) is 5.82 Å². The van der Waals surface area contributed by atoms with Gasteiger partial charge in [0.15, 0.2) is 0 Å². The Kier molecular flexibility index (Phi) is 3.35. The van der Waals surface area contributed by atoms with Crippen molar-refractivity contribution in [1.29, 1.82) is 0 Å². The molecule has 0 N–H and O–H groups in total. The summed E-state index contributed by atoms with van der Waals surface area (Å²) in [6.45, 7) is 5.57. The van der Waals surface area contributed by atoms with Crippen molar-refractivity contribution in [1.82, 2.24) is 4.90 Å². The molecule has 1 heterocycles. The molecule has 1 aliphatic heterocycles. The fourth-order valence-corrected chi connectivity index (χ4v) is 3.16. The van der Waals surface area contributed by atoms with Gasteiger partial charge in [-0.3, -0.25) is 4.90 Å². The van der Waals surface area contributed by atoms with Gasteiger partial charge in [-0.15, -0.1) is 0 Å². The van der Waals surface area contributed by atoms with Crippen LogP contribution >= 0.6 is 0 Å². The second-order valence-corrected chi connectivity index (χ2v) is 5.38. The average Bonchev–Trinajstić information content (AvgIpc) is 2.44. The summed E-state index contributed by atoms with van der Waals surface area (Å²) in [5, 5.41) is 0. The van der Waals surface area contributed by atoms with Crippen LogP contribution in [0.3, 0.4) is 0 Å². The van der Waals surface area contributed by atoms with Gasteiger partial charge >= 0.3 is 0 Å². The highest BCUT2D eigenvalue weighted by molar-refractivity contribution is 5.36. The summed E-state index contributed by atoms with van der Waals surface area (Å²) in [6.07, 6.45) is 2.95. The molecule has 1 fully saturated rings. The summed E-state index contributed by atoms with van der Waals surface area (Å²) in [5.74, 6) is 0.0212. The van der Waals surface area contributed by atoms with E-state index in [4.69, 9.17) is 4.74 Å². The number of hydrogen-bond acceptors (Lipinski definition) is 2. The Morgan fingerprint density at radius 2 is 2.06 bits per heavy atom. The molecule has 18 heavy (non-hydrogen) atoms. The van der Waals surface area contributed by atoms with Crippen LogP contribution in [0.1, 0.15) is 23.1 Å². The largest absolute Gasteiger partial charge is 0.379 e. The highest BCUT2D eigenvalue weighted by atomic mass is 19.1. The molecule has 0 spiro atoms. The van der Waals surface area contributed by atoms with Crippen LogP contribution in [0.25, 0.3) is 0 Å². The highest BCUT2D eigenvalue weighted by Crippen LogP contribution is 2.28. The van der Waals surface area contributed by atoms with Gasteiger partial charge in [0, 0.05) is 19.1 Å². The lowest BCUT2D eigenvalue weighted by molar-refractivity contribution is 0.0136. The van der Waals surface area contributed by atoms with E-state index in [9.17, 15) is 4.39 Å². The van der Waals surface area contributed by atoms with E-state index in [0.29, 0.717) is 6.04 Å². The first-order chi connectivity index (χ1) is 8.75. The van der Waals surface area contributed by atoms with Gasteiger partial charge in [0.25, 0.3) is 0 Å². The first kappa shape index (κ1) is 12.1. The Morgan fingerprint density at radius 3 is 2.83 bits per heavy atom. The number of fused-ring (bicyclic) bond motifs is 1. The van der Waals surface area contributed by atoms with E-state index in [1.807, 2.05) is 13.0 Å². The van der Waals surface area contributed by atoms with Crippen LogP contribution in [-0.2, 0) is 17.6 Å². The smallest absolute Gasteiger partial charge is 0.129 e. The maximum absolute atomic E-state index is 14.0. The first-order valence-electron chi connectivity index (χ1n) is 6.84. The van der Waals surface area contributed by atoms with Gasteiger partial charge in [-0.25, -0.2) is 4.39 Å². The van der Waals surface area contributed by atoms with E-state index in [-0.39, 0.29) is 5.82 Å². The second-order valence-electron chi connectivity index (χ2n) is 5.38. The summed E-state index contributed by atoms with van der Waals surface area (Å²) < 4.78 is 19.4. The van der Waals surface area contributed by atoms with Crippen molar-refractivity contribution >= 4 is 0 Å². The van der Waals surface area contributed by atoms with Gasteiger partial charge in [-0.1, -0.05) is 12.1 Å². The van der Waals surface area contributed by atoms with E-state index in [1.54, 1.807) is 0 Å². The molecule has 1 aliphatic carbocycles. The lowest BCUT2D eigenvalue weighted by Crippen LogP contribution is -2.46. The van der Waals surface area contributed by atoms with Crippen molar-refractivity contribution in [2.24, 2.45) is 0 Å². The van der Waals surface area contributed by atoms with Gasteiger partial charge in [0.2, 0.25) is 0 Å². The average molecular weight is 249 g/mol. The number of rotatable bonds is 1. The maximum atomic E-state index is 14.0. The number of hydrogen-bond donors (Lipinski definition) is 0. The van der Waals surface area contributed by atoms with Gasteiger partial charge in [-0.05, 0) is 42.9 Å². The normalized spacial score (nSPS) is 24.9. The molecule has 2 aliphatic rings. The fraction of sp³-hybridized carbons (Fsp3) is 0.600. The molecule has 0 aromatic heterocycles. The van der Waals surface area contributed by atoms with E-state index >= 15 is 0 Å². The number of ether oxygens (including phenoxy) is 1. The lowest BCUT2D eigenvalue weighted by atomic mass is 9.86. The van der Waals surface area contributed by atoms with Gasteiger partial charge in [0.05, 0.1) is 13.2 Å². The van der Waals surface area contributed by atoms with Crippen LogP contribution in [0.4, 0.5) is 4.39 Å². The summed E-state index contributed by atoms with van der Waals surface area (Å²) in [7, 11) is 0. The third-order valence-electron chi connectivity index (χ3n) is 4.28. The quantitative estimate of drug-likeness (QED) is 0.757. The minimum Gasteiger partial charge on any atom is -0.379 e. The van der Waals surface area contributed by atoms with Crippen molar-refractivity contribution in [2.75, 3.05) is 26.3 Å². The molecule has 1 saturated heterocycles. The molecule has 1 aromatic carbocycles. The number of nitrogens with zero attached hydrogens (tertiary/aromatic N) is 1. The zero-order valence-corrected chi connectivity index (χ0v) is 10.9. The molecule has 1 atom stereocenters. The Balaban J connectivity index is 1.78. The molecule has 0 amide bonds. The number of halogens is 1. The predicted octanol–water partition coefficient (Wildman–Crippen LogP) is 2.32. The third-order valence-corrected chi connectivity index (χ3v) is 4.28. The Morgan fingerprint density at radius 1 is 1.28 bits per heavy atom. The van der Waals surface area contributed by atoms with Gasteiger partial charge in [-0.2, -0.15) is 0 Å². The SMILES string of the molecule is Cc1ccc2c(c1F)CCC(N1CCOCC1)C2. The number of morpholine rings is 1. The molecule has 0 bridgehead atoms. The van der Waals surface area contributed by atoms with Crippen molar-refractivity contribution in [3.05, 3.63) is 34.6 Å². The van der Waals surface area contributed by atoms with E-state index in [0.717, 1.165) is 56.7 Å². The van der Waals surface area contributed by atoms with Crippen LogP contribution < -0.4 is 0 Å². The van der Waals surface area contributed by atoms with Crippen LogP contribution in [0, 0.1) is 12.7 Å². The third kappa shape index (κ3) is 2.17. The topological polar surface area (TPSA) is 12.5 Å². The fourth-order valence-electron chi connectivity index (χ4n) is 3.16. The lowest BCUT2D eigenvalue weighted by Gasteiger charge is -2.37. The molecule has 98 valence electrons. The molecule has 2 nitrogen and oxygen atoms in total. The Hall–Kier alpha value is -0.930. The van der Waals surface area contributed by atoms with E-state index < -0.39 is 0 Å². The molecular formula is C15H20FNO. The minimum atomic E-state index is 0.0212. The number of aryl methyl sites for hydroxylation is 1. The summed E-state index contributed by atoms with van der Waals surface area (Å²) in [5.41, 5.74) is 2.94. The Bertz CT molecular complexity index is 440. The van der Waals surface area contributed by atoms with Crippen LogP contribution in [-0.4, -0.2) is 37.2 Å². The van der Waals surface area contributed by atoms with Crippen LogP contribution in [0.15, 0.2) is 12.1 Å². The molecule has 1 unspecified atom stereocenters. The van der Waals surface area contributed by atoms with Crippen LogP contribution in [0.2, 0.25) is 0 Å². The molecule has 0 radical (unpaired) electrons. The predicted molar refractivity (Wildman–Crippen MR) is 69.3 cm³/mol. The van der Waals surface area contributed by atoms with E-state index in [2.05, 4.69) is 11.0 Å². The molecular weight excluding hydrogens is 229 g/mol. The summed E-state index contributed by atoms with van der Waals surface area (Å²) in [4.78, 5) is 2.50. The zero-order chi connectivity index (χ0) is 12.5. The van der Waals surface area contributed by atoms with Crippen molar-refractivity contribution in [2.45, 2.75) is 32.2 Å². The molecule has 3 rings (SSSR count). The standard InChI is InChI=1S/C15H20FNO/c1-11-2-3-12-10-13(4-5-14(12)15(11)16)17-6-8-18-9-7-17/h2-3,13H,4-10H2,1H3. The molecule has 3 heteroatoms. The zero-order valence-electron chi connectivity index (χ0n) is 10.9. The maximum Gasteiger partial charge on any atom is 0.129 e. The minimum absolute atomic E-state index is 0.0212. The number of benzene rings is 1. The van der Waals surface area contributed by atoms with Crippen molar-refractivity contribution in [3.8, 4) is 0 Å². The summed E-state index contributed by atoms with van der Waals surface area (Å²) >= 11 is 0. The van der Waals surface area contributed by atoms with Crippen LogP contribution in [0.5, 0.6) is 0 Å². The second kappa shape index (κ2) is 4.98. The highest BCUT2D eigenvalue weighted by Gasteiger charge is 2.27. The summed E-state index contributed by atoms with van der Waals surface area (Å²) in [6, 6.07) is 4.60. The molecule has 1 aromatic rings. The van der Waals surface area contributed by atoms with Crippen molar-refractivity contribution < 1.29 is 9.13 Å². The Labute approximate surface area is 108 Å². The van der Waals surface area contributed by atoms with Gasteiger partial charge < -0.3 is 4.74 Å². The van der Waals surface area contributed by atoms with E-state index in [1.165, 1.54) is 5.56 Å². The first-order valence-corrected chi connectivity index (χ1v) is 6.84. The monoisotopic (exact) mass is 249 g/mol.